The Bertz CT molecular complexity index is 1300. The predicted molar refractivity (Wildman–Crippen MR) is 125 cm³/mol. The van der Waals surface area contributed by atoms with Crippen LogP contribution >= 0.6 is 22.9 Å². The fraction of sp³-hybridized carbons (Fsp3) is 0.391. The van der Waals surface area contributed by atoms with Gasteiger partial charge in [-0.05, 0) is 25.0 Å². The zero-order chi connectivity index (χ0) is 25.8. The summed E-state index contributed by atoms with van der Waals surface area (Å²) in [5, 5.41) is 15.1. The van der Waals surface area contributed by atoms with E-state index in [9.17, 15) is 27.9 Å². The number of rotatable bonds is 6. The highest BCUT2D eigenvalue weighted by Crippen LogP contribution is 2.54. The molecule has 1 aromatic carbocycles. The van der Waals surface area contributed by atoms with Crippen LogP contribution in [0.1, 0.15) is 35.9 Å². The Balaban J connectivity index is 1.66. The van der Waals surface area contributed by atoms with Crippen molar-refractivity contribution in [1.29, 1.82) is 0 Å². The lowest BCUT2D eigenvalue weighted by atomic mass is 9.85. The summed E-state index contributed by atoms with van der Waals surface area (Å²) >= 11 is 7.57. The Labute approximate surface area is 212 Å². The molecule has 0 radical (unpaired) electrons. The summed E-state index contributed by atoms with van der Waals surface area (Å²) in [6, 6.07) is 1.23. The van der Waals surface area contributed by atoms with Crippen molar-refractivity contribution in [3.63, 3.8) is 0 Å². The van der Waals surface area contributed by atoms with E-state index in [0.29, 0.717) is 5.01 Å². The highest BCUT2D eigenvalue weighted by atomic mass is 35.5. The number of alkyl halides is 2. The number of methoxy groups -OCH3 is 1. The van der Waals surface area contributed by atoms with Crippen LogP contribution in [0.15, 0.2) is 46.0 Å². The molecule has 2 aromatic rings. The van der Waals surface area contributed by atoms with Crippen LogP contribution in [0, 0.1) is 5.82 Å². The minimum atomic E-state index is -3.21. The number of fused-ring (bicyclic) bond motifs is 2. The van der Waals surface area contributed by atoms with Crippen LogP contribution in [-0.4, -0.2) is 63.9 Å². The normalized spacial score (nSPS) is 27.1. The monoisotopic (exact) mass is 540 g/mol. The lowest BCUT2D eigenvalue weighted by molar-refractivity contribution is -0.149. The quantitative estimate of drug-likeness (QED) is 0.537. The number of aliphatic imine (C=N–C) groups is 1. The highest BCUT2D eigenvalue weighted by molar-refractivity contribution is 7.11. The third-order valence-corrected chi connectivity index (χ3v) is 8.03. The maximum absolute atomic E-state index is 14.8. The second-order valence-electron chi connectivity index (χ2n) is 8.85. The van der Waals surface area contributed by atoms with Crippen LogP contribution < -0.4 is 5.32 Å². The predicted octanol–water partition coefficient (Wildman–Crippen LogP) is 3.78. The standard InChI is InChI=1S/C23H20ClF3N4O4S/c1-35-20(32)16-14(9-31-15-4-5-22(31,21(33)34)10-23(15,26)27)29-18(19-28-6-7-36-19)30-17(16)12-3-2-11(25)8-13(12)24/h2-3,6-8,15,17H,4-5,9-10H2,1H3,(H,29,30)(H,33,34)/t15-,17-,22+/m0/s1. The molecule has 8 nitrogen and oxygen atoms in total. The molecule has 0 saturated carbocycles. The first-order chi connectivity index (χ1) is 17.1. The smallest absolute Gasteiger partial charge is 0.338 e. The molecule has 0 aliphatic carbocycles. The summed E-state index contributed by atoms with van der Waals surface area (Å²) in [5.74, 6) is -5.72. The summed E-state index contributed by atoms with van der Waals surface area (Å²) in [7, 11) is 1.16. The molecule has 0 unspecified atom stereocenters. The van der Waals surface area contributed by atoms with Gasteiger partial charge in [0.2, 0.25) is 0 Å². The van der Waals surface area contributed by atoms with Crippen LogP contribution in [0.3, 0.4) is 0 Å². The Kier molecular flexibility index (Phi) is 6.08. The number of amidine groups is 1. The molecule has 36 heavy (non-hydrogen) atoms. The number of esters is 1. The van der Waals surface area contributed by atoms with Crippen molar-refractivity contribution in [2.75, 3.05) is 13.7 Å². The Morgan fingerprint density at radius 2 is 2.17 bits per heavy atom. The summed E-state index contributed by atoms with van der Waals surface area (Å²) in [4.78, 5) is 35.3. The fourth-order valence-electron chi connectivity index (χ4n) is 5.32. The van der Waals surface area contributed by atoms with Crippen molar-refractivity contribution in [3.8, 4) is 0 Å². The second kappa shape index (κ2) is 8.86. The van der Waals surface area contributed by atoms with Gasteiger partial charge in [-0.15, -0.1) is 11.3 Å². The molecule has 2 fully saturated rings. The first kappa shape index (κ1) is 24.7. The average Bonchev–Trinajstić information content (AvgIpc) is 3.52. The minimum absolute atomic E-state index is 0.000302. The van der Waals surface area contributed by atoms with E-state index in [-0.39, 0.29) is 47.1 Å². The van der Waals surface area contributed by atoms with Crippen molar-refractivity contribution in [3.05, 3.63) is 62.5 Å². The minimum Gasteiger partial charge on any atom is -0.480 e. The summed E-state index contributed by atoms with van der Waals surface area (Å²) in [5.41, 5.74) is -1.39. The number of carboxylic acids is 1. The van der Waals surface area contributed by atoms with E-state index >= 15 is 0 Å². The molecule has 0 amide bonds. The van der Waals surface area contributed by atoms with E-state index in [1.54, 1.807) is 11.6 Å². The van der Waals surface area contributed by atoms with Crippen molar-refractivity contribution < 1.29 is 32.6 Å². The van der Waals surface area contributed by atoms with Crippen molar-refractivity contribution in [2.45, 2.75) is 42.8 Å². The number of aromatic nitrogens is 1. The number of thiazole rings is 1. The topological polar surface area (TPSA) is 104 Å². The number of hydrogen-bond acceptors (Lipinski definition) is 8. The van der Waals surface area contributed by atoms with E-state index < -0.39 is 47.7 Å². The number of aliphatic carboxylic acids is 1. The second-order valence-corrected chi connectivity index (χ2v) is 10.2. The molecule has 1 aromatic heterocycles. The lowest BCUT2D eigenvalue weighted by Crippen LogP contribution is -2.50. The number of nitrogens with zero attached hydrogens (tertiary/aromatic N) is 3. The van der Waals surface area contributed by atoms with Gasteiger partial charge in [-0.2, -0.15) is 0 Å². The maximum Gasteiger partial charge on any atom is 0.338 e. The number of halogens is 4. The van der Waals surface area contributed by atoms with Gasteiger partial charge < -0.3 is 15.2 Å². The lowest BCUT2D eigenvalue weighted by Gasteiger charge is -2.34. The Hall–Kier alpha value is -2.96. The van der Waals surface area contributed by atoms with Gasteiger partial charge in [0.05, 0.1) is 18.7 Å². The van der Waals surface area contributed by atoms with Gasteiger partial charge in [0.25, 0.3) is 5.92 Å². The molecular weight excluding hydrogens is 521 g/mol. The largest absolute Gasteiger partial charge is 0.480 e. The number of nitrogens with one attached hydrogen (secondary N) is 1. The van der Waals surface area contributed by atoms with Gasteiger partial charge in [-0.1, -0.05) is 17.7 Å². The third kappa shape index (κ3) is 3.87. The molecule has 4 heterocycles. The molecule has 2 bridgehead atoms. The number of carbonyl (C=O) groups is 2. The van der Waals surface area contributed by atoms with Crippen LogP contribution in [0.5, 0.6) is 0 Å². The van der Waals surface area contributed by atoms with Crippen molar-refractivity contribution in [2.24, 2.45) is 4.99 Å². The average molecular weight is 541 g/mol. The molecule has 190 valence electrons. The van der Waals surface area contributed by atoms with E-state index in [0.717, 1.165) is 19.2 Å². The first-order valence-electron chi connectivity index (χ1n) is 11.0. The van der Waals surface area contributed by atoms with Gasteiger partial charge in [0.1, 0.15) is 17.4 Å². The zero-order valence-electron chi connectivity index (χ0n) is 18.8. The molecule has 2 saturated heterocycles. The number of carbonyl (C=O) groups excluding carboxylic acids is 1. The van der Waals surface area contributed by atoms with E-state index in [1.807, 2.05) is 0 Å². The molecule has 5 rings (SSSR count). The number of hydrogen-bond donors (Lipinski definition) is 2. The van der Waals surface area contributed by atoms with Crippen LogP contribution in [0.4, 0.5) is 13.2 Å². The molecular formula is C23H20ClF3N4O4S. The Morgan fingerprint density at radius 1 is 1.39 bits per heavy atom. The Morgan fingerprint density at radius 3 is 2.78 bits per heavy atom. The number of carboxylic acid groups (broad SMARTS) is 1. The van der Waals surface area contributed by atoms with Gasteiger partial charge in [0, 0.05) is 40.8 Å². The van der Waals surface area contributed by atoms with Gasteiger partial charge >= 0.3 is 11.9 Å². The van der Waals surface area contributed by atoms with Crippen molar-refractivity contribution in [1.82, 2.24) is 15.2 Å². The van der Waals surface area contributed by atoms with E-state index in [2.05, 4.69) is 15.3 Å². The highest BCUT2D eigenvalue weighted by Gasteiger charge is 2.69. The first-order valence-corrected chi connectivity index (χ1v) is 12.2. The number of ether oxygens (including phenoxy) is 1. The summed E-state index contributed by atoms with van der Waals surface area (Å²) < 4.78 is 48.3. The van der Waals surface area contributed by atoms with Gasteiger partial charge in [0.15, 0.2) is 10.8 Å². The fourth-order valence-corrected chi connectivity index (χ4v) is 6.17. The maximum atomic E-state index is 14.8. The number of benzene rings is 1. The zero-order valence-corrected chi connectivity index (χ0v) is 20.4. The van der Waals surface area contributed by atoms with Crippen molar-refractivity contribution >= 4 is 40.7 Å². The molecule has 3 aliphatic rings. The SMILES string of the molecule is COC(=O)C1=C(CN2[C@H]3CC[C@]2(C(=O)O)CC3(F)F)NC(c2nccs2)=N[C@H]1c1ccc(F)cc1Cl. The summed E-state index contributed by atoms with van der Waals surface area (Å²) in [6.45, 7) is -0.309. The third-order valence-electron chi connectivity index (χ3n) is 6.92. The van der Waals surface area contributed by atoms with Gasteiger partial charge in [-0.3, -0.25) is 14.7 Å². The van der Waals surface area contributed by atoms with Crippen LogP contribution in [0.25, 0.3) is 0 Å². The van der Waals surface area contributed by atoms with Crippen LogP contribution in [0.2, 0.25) is 5.02 Å². The molecule has 0 spiro atoms. The molecule has 3 aliphatic heterocycles. The van der Waals surface area contributed by atoms with E-state index in [4.69, 9.17) is 16.3 Å². The van der Waals surface area contributed by atoms with E-state index in [1.165, 1.54) is 22.3 Å². The van der Waals surface area contributed by atoms with Crippen LogP contribution in [-0.2, 0) is 14.3 Å². The van der Waals surface area contributed by atoms with Gasteiger partial charge in [-0.25, -0.2) is 22.9 Å². The molecule has 3 atom stereocenters. The molecule has 2 N–H and O–H groups in total. The summed E-state index contributed by atoms with van der Waals surface area (Å²) in [6.07, 6.45) is 0.788. The molecule has 13 heteroatoms.